The number of rotatable bonds is 8. The molecule has 5 rings (SSSR count). The third-order valence-corrected chi connectivity index (χ3v) is 7.39. The number of H-pyrrole nitrogens is 1. The Morgan fingerprint density at radius 2 is 1.79 bits per heavy atom. The first-order valence-corrected chi connectivity index (χ1v) is 13.7. The lowest BCUT2D eigenvalue weighted by molar-refractivity contribution is 0.0563. The minimum Gasteiger partial charge on any atom is -0.323 e. The number of halogens is 4. The van der Waals surface area contributed by atoms with Gasteiger partial charge in [-0.3, -0.25) is 5.10 Å². The maximum absolute atomic E-state index is 15.1. The molecule has 1 aliphatic carbocycles. The fourth-order valence-electron chi connectivity index (χ4n) is 4.26. The van der Waals surface area contributed by atoms with Crippen molar-refractivity contribution in [3.05, 3.63) is 53.0 Å². The van der Waals surface area contributed by atoms with Crippen molar-refractivity contribution in [2.45, 2.75) is 44.1 Å². The lowest BCUT2D eigenvalue weighted by Gasteiger charge is -2.22. The van der Waals surface area contributed by atoms with Gasteiger partial charge >= 0.3 is 6.55 Å². The third-order valence-electron chi connectivity index (χ3n) is 6.30. The van der Waals surface area contributed by atoms with Crippen molar-refractivity contribution in [3.63, 3.8) is 0 Å². The van der Waals surface area contributed by atoms with Gasteiger partial charge in [-0.05, 0) is 44.7 Å². The van der Waals surface area contributed by atoms with Crippen molar-refractivity contribution in [2.75, 3.05) is 23.5 Å². The first-order valence-electron chi connectivity index (χ1n) is 11.8. The molecule has 3 aromatic heterocycles. The molecule has 15 heteroatoms. The van der Waals surface area contributed by atoms with Crippen LogP contribution in [0.3, 0.4) is 0 Å². The molecule has 39 heavy (non-hydrogen) atoms. The van der Waals surface area contributed by atoms with Gasteiger partial charge in [-0.1, -0.05) is 0 Å². The molecule has 3 heterocycles. The Morgan fingerprint density at radius 1 is 1.13 bits per heavy atom. The van der Waals surface area contributed by atoms with Crippen molar-refractivity contribution in [3.8, 4) is 11.3 Å². The number of alkyl halides is 2. The zero-order valence-corrected chi connectivity index (χ0v) is 22.1. The van der Waals surface area contributed by atoms with Gasteiger partial charge < -0.3 is 10.2 Å². The van der Waals surface area contributed by atoms with Crippen molar-refractivity contribution in [2.24, 2.45) is 0 Å². The molecule has 1 aromatic carbocycles. The van der Waals surface area contributed by atoms with Gasteiger partial charge in [-0.15, -0.1) is 0 Å². The van der Waals surface area contributed by atoms with Crippen molar-refractivity contribution in [1.82, 2.24) is 29.9 Å². The van der Waals surface area contributed by atoms with Crippen molar-refractivity contribution >= 4 is 33.1 Å². The van der Waals surface area contributed by atoms with E-state index in [9.17, 15) is 17.2 Å². The maximum atomic E-state index is 15.1. The molecule has 0 unspecified atom stereocenters. The summed E-state index contributed by atoms with van der Waals surface area (Å²) in [6, 6.07) is 3.16. The van der Waals surface area contributed by atoms with Crippen LogP contribution in [-0.2, 0) is 9.84 Å². The van der Waals surface area contributed by atoms with E-state index in [0.717, 1.165) is 29.7 Å². The van der Waals surface area contributed by atoms with Gasteiger partial charge in [0.25, 0.3) is 0 Å². The number of sulfone groups is 1. The summed E-state index contributed by atoms with van der Waals surface area (Å²) in [4.78, 5) is 9.63. The Kier molecular flexibility index (Phi) is 6.56. The highest BCUT2D eigenvalue weighted by atomic mass is 32.2. The summed E-state index contributed by atoms with van der Waals surface area (Å²) in [5.74, 6) is -1.74. The topological polar surface area (TPSA) is 122 Å². The van der Waals surface area contributed by atoms with E-state index < -0.39 is 38.6 Å². The number of anilines is 4. The van der Waals surface area contributed by atoms with E-state index in [0.29, 0.717) is 33.8 Å². The molecule has 206 valence electrons. The molecule has 1 fully saturated rings. The smallest absolute Gasteiger partial charge is 0.323 e. The lowest BCUT2D eigenvalue weighted by atomic mass is 10.0. The monoisotopic (exact) mass is 564 g/mol. The molecular formula is C24H24F4N8O2S. The van der Waals surface area contributed by atoms with Crippen LogP contribution in [0.5, 0.6) is 0 Å². The first-order chi connectivity index (χ1) is 18.3. The van der Waals surface area contributed by atoms with E-state index in [-0.39, 0.29) is 29.1 Å². The van der Waals surface area contributed by atoms with Gasteiger partial charge in [0.05, 0.1) is 16.3 Å². The average Bonchev–Trinajstić information content (AvgIpc) is 3.48. The quantitative estimate of drug-likeness (QED) is 0.282. The standard InChI is InChI=1S/C24H24F4N8O2S/c1-11-7-18(33-32-11)29-22-19(13-5-6-13)20(15-10-36(23(27)28)34-12(15)2)30-24(31-22)35(3)21-16(25)8-14(9-17(21)26)39(4,37)38/h7-10,13,23H,5-6H2,1-4H3,(H2,29,30,31,32,33). The molecule has 0 amide bonds. The van der Waals surface area contributed by atoms with E-state index in [4.69, 9.17) is 0 Å². The SMILES string of the molecule is Cc1cc(Nc2nc(N(C)c3c(F)cc(S(C)(=O)=O)cc3F)nc(-c3cn(C(F)F)nc3C)c2C2CC2)n[nH]1. The second-order valence-electron chi connectivity index (χ2n) is 9.42. The number of nitrogens with one attached hydrogen (secondary N) is 2. The van der Waals surface area contributed by atoms with Crippen molar-refractivity contribution in [1.29, 1.82) is 0 Å². The molecule has 0 saturated heterocycles. The second-order valence-corrected chi connectivity index (χ2v) is 11.4. The summed E-state index contributed by atoms with van der Waals surface area (Å²) < 4.78 is 81.3. The van der Waals surface area contributed by atoms with Gasteiger partial charge in [0.15, 0.2) is 27.3 Å². The Hall–Kier alpha value is -4.01. The minimum atomic E-state index is -3.87. The number of benzene rings is 1. The minimum absolute atomic E-state index is 0.0127. The predicted octanol–water partition coefficient (Wildman–Crippen LogP) is 5.15. The van der Waals surface area contributed by atoms with Crippen LogP contribution in [0, 0.1) is 25.5 Å². The van der Waals surface area contributed by atoms with Crippen LogP contribution in [0.25, 0.3) is 11.3 Å². The number of aromatic amines is 1. The largest absolute Gasteiger partial charge is 0.333 e. The molecule has 1 aliphatic rings. The number of aryl methyl sites for hydroxylation is 2. The zero-order chi connectivity index (χ0) is 28.2. The maximum Gasteiger partial charge on any atom is 0.333 e. The summed E-state index contributed by atoms with van der Waals surface area (Å²) >= 11 is 0. The summed E-state index contributed by atoms with van der Waals surface area (Å²) in [6.45, 7) is 0.481. The molecule has 0 spiro atoms. The molecule has 0 aliphatic heterocycles. The van der Waals surface area contributed by atoms with E-state index in [1.54, 1.807) is 19.9 Å². The highest BCUT2D eigenvalue weighted by Crippen LogP contribution is 2.48. The Balaban J connectivity index is 1.71. The second kappa shape index (κ2) is 9.63. The summed E-state index contributed by atoms with van der Waals surface area (Å²) in [5.41, 5.74) is 1.68. The summed E-state index contributed by atoms with van der Waals surface area (Å²) in [6.07, 6.45) is 3.62. The van der Waals surface area contributed by atoms with Gasteiger partial charge in [-0.25, -0.2) is 26.9 Å². The molecule has 10 nitrogen and oxygen atoms in total. The highest BCUT2D eigenvalue weighted by Gasteiger charge is 2.34. The molecule has 2 N–H and O–H groups in total. The fourth-order valence-corrected chi connectivity index (χ4v) is 4.90. The summed E-state index contributed by atoms with van der Waals surface area (Å²) in [7, 11) is -2.56. The van der Waals surface area contributed by atoms with Gasteiger partial charge in [0, 0.05) is 42.4 Å². The molecule has 0 atom stereocenters. The zero-order valence-electron chi connectivity index (χ0n) is 21.3. The van der Waals surface area contributed by atoms with Crippen LogP contribution in [0.15, 0.2) is 29.3 Å². The molecular weight excluding hydrogens is 540 g/mol. The molecule has 4 aromatic rings. The fraction of sp³-hybridized carbons (Fsp3) is 0.333. The summed E-state index contributed by atoms with van der Waals surface area (Å²) in [5, 5.41) is 14.0. The van der Waals surface area contributed by atoms with Crippen LogP contribution in [0.1, 0.15) is 42.3 Å². The number of nitrogens with zero attached hydrogens (tertiary/aromatic N) is 6. The highest BCUT2D eigenvalue weighted by molar-refractivity contribution is 7.90. The molecule has 0 bridgehead atoms. The number of aromatic nitrogens is 6. The number of hydrogen-bond donors (Lipinski definition) is 2. The Morgan fingerprint density at radius 3 is 2.31 bits per heavy atom. The molecule has 0 radical (unpaired) electrons. The van der Waals surface area contributed by atoms with Crippen LogP contribution in [0.2, 0.25) is 0 Å². The van der Waals surface area contributed by atoms with E-state index >= 15 is 8.78 Å². The van der Waals surface area contributed by atoms with Gasteiger partial charge in [0.2, 0.25) is 5.95 Å². The van der Waals surface area contributed by atoms with Crippen LogP contribution >= 0.6 is 0 Å². The average molecular weight is 565 g/mol. The Bertz CT molecular complexity index is 1660. The predicted molar refractivity (Wildman–Crippen MR) is 135 cm³/mol. The molecule has 1 saturated carbocycles. The first kappa shape index (κ1) is 26.6. The van der Waals surface area contributed by atoms with Gasteiger partial charge in [0.1, 0.15) is 11.5 Å². The van der Waals surface area contributed by atoms with E-state index in [1.807, 2.05) is 0 Å². The lowest BCUT2D eigenvalue weighted by Crippen LogP contribution is -2.19. The Labute approximate surface area is 221 Å². The third kappa shape index (κ3) is 5.17. The van der Waals surface area contributed by atoms with E-state index in [2.05, 4.69) is 30.6 Å². The van der Waals surface area contributed by atoms with Crippen LogP contribution in [0.4, 0.5) is 40.8 Å². The van der Waals surface area contributed by atoms with Crippen molar-refractivity contribution < 1.29 is 26.0 Å². The van der Waals surface area contributed by atoms with Crippen LogP contribution in [-0.4, -0.2) is 51.7 Å². The number of hydrogen-bond acceptors (Lipinski definition) is 8. The van der Waals surface area contributed by atoms with E-state index in [1.165, 1.54) is 13.2 Å². The van der Waals surface area contributed by atoms with Gasteiger partial charge in [-0.2, -0.15) is 24.0 Å². The normalized spacial score (nSPS) is 13.8. The van der Waals surface area contributed by atoms with Crippen LogP contribution < -0.4 is 10.2 Å².